The predicted octanol–water partition coefficient (Wildman–Crippen LogP) is 2.39. The molecule has 0 spiro atoms. The molecule has 1 aromatic rings. The Hall–Kier alpha value is -0.940. The molecule has 1 aromatic heterocycles. The van der Waals surface area contributed by atoms with Crippen molar-refractivity contribution in [2.75, 3.05) is 19.6 Å². The minimum Gasteiger partial charge on any atom is -0.339 e. The highest BCUT2D eigenvalue weighted by molar-refractivity contribution is 4.96. The van der Waals surface area contributed by atoms with E-state index in [9.17, 15) is 0 Å². The van der Waals surface area contributed by atoms with Crippen LogP contribution in [0.4, 0.5) is 0 Å². The van der Waals surface area contributed by atoms with Gasteiger partial charge in [-0.2, -0.15) is 4.98 Å². The lowest BCUT2D eigenvalue weighted by molar-refractivity contribution is 0.236. The molecule has 0 amide bonds. The van der Waals surface area contributed by atoms with Gasteiger partial charge in [0.2, 0.25) is 5.89 Å². The highest BCUT2D eigenvalue weighted by Crippen LogP contribution is 2.28. The van der Waals surface area contributed by atoms with Crippen molar-refractivity contribution < 1.29 is 4.52 Å². The van der Waals surface area contributed by atoms with Gasteiger partial charge >= 0.3 is 0 Å². The SMILES string of the molecule is CC(Cc1nc(C(N)CN2CCCC2)no1)C(C)(C)C. The maximum absolute atomic E-state index is 6.18. The minimum atomic E-state index is -0.143. The molecule has 2 rings (SSSR count). The molecule has 1 saturated heterocycles. The molecule has 0 aliphatic carbocycles. The van der Waals surface area contributed by atoms with Crippen molar-refractivity contribution in [2.45, 2.75) is 53.0 Å². The summed E-state index contributed by atoms with van der Waals surface area (Å²) in [6, 6.07) is -0.143. The number of nitrogens with two attached hydrogens (primary N) is 1. The van der Waals surface area contributed by atoms with Crippen molar-refractivity contribution >= 4 is 0 Å². The molecule has 0 bridgehead atoms. The molecule has 1 aliphatic heterocycles. The van der Waals surface area contributed by atoms with Crippen LogP contribution in [0.25, 0.3) is 0 Å². The van der Waals surface area contributed by atoms with Gasteiger partial charge in [0, 0.05) is 13.0 Å². The fourth-order valence-electron chi connectivity index (χ4n) is 2.39. The van der Waals surface area contributed by atoms with Crippen molar-refractivity contribution in [2.24, 2.45) is 17.1 Å². The second-order valence-electron chi connectivity index (χ2n) is 7.13. The molecule has 5 nitrogen and oxygen atoms in total. The zero-order chi connectivity index (χ0) is 14.8. The lowest BCUT2D eigenvalue weighted by Crippen LogP contribution is -2.30. The Labute approximate surface area is 121 Å². The van der Waals surface area contributed by atoms with Gasteiger partial charge in [0.25, 0.3) is 0 Å². The quantitative estimate of drug-likeness (QED) is 0.897. The van der Waals surface area contributed by atoms with Crippen LogP contribution in [-0.2, 0) is 6.42 Å². The Balaban J connectivity index is 1.90. The van der Waals surface area contributed by atoms with Crippen LogP contribution in [0.2, 0.25) is 0 Å². The molecule has 0 aromatic carbocycles. The van der Waals surface area contributed by atoms with Gasteiger partial charge in [-0.25, -0.2) is 0 Å². The summed E-state index contributed by atoms with van der Waals surface area (Å²) in [7, 11) is 0. The van der Waals surface area contributed by atoms with Crippen LogP contribution in [0.5, 0.6) is 0 Å². The van der Waals surface area contributed by atoms with Crippen molar-refractivity contribution in [3.63, 3.8) is 0 Å². The summed E-state index contributed by atoms with van der Waals surface area (Å²) in [5.74, 6) is 1.85. The molecular weight excluding hydrogens is 252 g/mol. The first kappa shape index (κ1) is 15.4. The first-order valence-corrected chi connectivity index (χ1v) is 7.66. The molecule has 114 valence electrons. The van der Waals surface area contributed by atoms with Crippen molar-refractivity contribution in [1.29, 1.82) is 0 Å². The van der Waals surface area contributed by atoms with Crippen molar-refractivity contribution in [1.82, 2.24) is 15.0 Å². The lowest BCUT2D eigenvalue weighted by Gasteiger charge is -2.25. The maximum atomic E-state index is 6.18. The second-order valence-corrected chi connectivity index (χ2v) is 7.13. The normalized spacial score (nSPS) is 20.2. The number of hydrogen-bond donors (Lipinski definition) is 1. The highest BCUT2D eigenvalue weighted by atomic mass is 16.5. The molecule has 0 saturated carbocycles. The Morgan fingerprint density at radius 1 is 1.30 bits per heavy atom. The van der Waals surface area contributed by atoms with Crippen LogP contribution in [0, 0.1) is 11.3 Å². The number of aromatic nitrogens is 2. The van der Waals surface area contributed by atoms with E-state index in [0.29, 0.717) is 17.6 Å². The number of likely N-dealkylation sites (tertiary alicyclic amines) is 1. The third-order valence-corrected chi connectivity index (χ3v) is 4.43. The largest absolute Gasteiger partial charge is 0.339 e. The van der Waals surface area contributed by atoms with Crippen LogP contribution in [0.1, 0.15) is 58.3 Å². The van der Waals surface area contributed by atoms with E-state index in [1.54, 1.807) is 0 Å². The first-order valence-electron chi connectivity index (χ1n) is 7.66. The van der Waals surface area contributed by atoms with Crippen molar-refractivity contribution in [3.8, 4) is 0 Å². The van der Waals surface area contributed by atoms with Crippen molar-refractivity contribution in [3.05, 3.63) is 11.7 Å². The van der Waals surface area contributed by atoms with Gasteiger partial charge < -0.3 is 15.2 Å². The lowest BCUT2D eigenvalue weighted by atomic mass is 9.80. The molecular formula is C15H28N4O. The number of hydrogen-bond acceptors (Lipinski definition) is 5. The van der Waals surface area contributed by atoms with Gasteiger partial charge in [-0.1, -0.05) is 32.9 Å². The van der Waals surface area contributed by atoms with E-state index in [1.807, 2.05) is 0 Å². The third kappa shape index (κ3) is 4.03. The topological polar surface area (TPSA) is 68.2 Å². The van der Waals surface area contributed by atoms with E-state index in [4.69, 9.17) is 10.3 Å². The van der Waals surface area contributed by atoms with Gasteiger partial charge in [-0.05, 0) is 37.3 Å². The molecule has 0 radical (unpaired) electrons. The molecule has 2 heterocycles. The smallest absolute Gasteiger partial charge is 0.226 e. The monoisotopic (exact) mass is 280 g/mol. The van der Waals surface area contributed by atoms with Crippen LogP contribution in [0.15, 0.2) is 4.52 Å². The van der Waals surface area contributed by atoms with Crippen LogP contribution >= 0.6 is 0 Å². The first-order chi connectivity index (χ1) is 9.36. The fourth-order valence-corrected chi connectivity index (χ4v) is 2.39. The summed E-state index contributed by atoms with van der Waals surface area (Å²) >= 11 is 0. The summed E-state index contributed by atoms with van der Waals surface area (Å²) in [5, 5.41) is 4.06. The predicted molar refractivity (Wildman–Crippen MR) is 79.2 cm³/mol. The van der Waals surface area contributed by atoms with E-state index in [0.717, 1.165) is 26.1 Å². The maximum Gasteiger partial charge on any atom is 0.226 e. The van der Waals surface area contributed by atoms with E-state index in [2.05, 4.69) is 42.7 Å². The van der Waals surface area contributed by atoms with E-state index in [1.165, 1.54) is 12.8 Å². The highest BCUT2D eigenvalue weighted by Gasteiger charge is 2.24. The number of rotatable bonds is 5. The summed E-state index contributed by atoms with van der Waals surface area (Å²) in [4.78, 5) is 6.85. The van der Waals surface area contributed by atoms with E-state index < -0.39 is 0 Å². The third-order valence-electron chi connectivity index (χ3n) is 4.43. The molecule has 2 N–H and O–H groups in total. The molecule has 2 unspecified atom stereocenters. The minimum absolute atomic E-state index is 0.143. The Kier molecular flexibility index (Phi) is 4.81. The van der Waals surface area contributed by atoms with Gasteiger partial charge in [0.15, 0.2) is 5.82 Å². The van der Waals surface area contributed by atoms with Crippen LogP contribution in [-0.4, -0.2) is 34.7 Å². The van der Waals surface area contributed by atoms with Gasteiger partial charge in [0.1, 0.15) is 0 Å². The summed E-state index contributed by atoms with van der Waals surface area (Å²) in [5.41, 5.74) is 6.42. The van der Waals surface area contributed by atoms with Gasteiger partial charge in [-0.3, -0.25) is 0 Å². The average Bonchev–Trinajstić information content (AvgIpc) is 2.98. The molecule has 1 fully saturated rings. The standard InChI is InChI=1S/C15H28N4O/c1-11(15(2,3)4)9-13-17-14(18-20-13)12(16)10-19-7-5-6-8-19/h11-12H,5-10,16H2,1-4H3. The molecule has 1 aliphatic rings. The van der Waals surface area contributed by atoms with Crippen LogP contribution in [0.3, 0.4) is 0 Å². The molecule has 20 heavy (non-hydrogen) atoms. The molecule has 5 heteroatoms. The number of nitrogens with zero attached hydrogens (tertiary/aromatic N) is 3. The van der Waals surface area contributed by atoms with Crippen LogP contribution < -0.4 is 5.73 Å². The Bertz CT molecular complexity index is 418. The van der Waals surface area contributed by atoms with E-state index >= 15 is 0 Å². The summed E-state index contributed by atoms with van der Waals surface area (Å²) < 4.78 is 5.36. The Morgan fingerprint density at radius 2 is 1.95 bits per heavy atom. The van der Waals surface area contributed by atoms with Gasteiger partial charge in [-0.15, -0.1) is 0 Å². The van der Waals surface area contributed by atoms with Gasteiger partial charge in [0.05, 0.1) is 6.04 Å². The van der Waals surface area contributed by atoms with E-state index in [-0.39, 0.29) is 11.5 Å². The zero-order valence-corrected chi connectivity index (χ0v) is 13.2. The second kappa shape index (κ2) is 6.22. The fraction of sp³-hybridized carbons (Fsp3) is 0.867. The zero-order valence-electron chi connectivity index (χ0n) is 13.2. The average molecular weight is 280 g/mol. The summed E-state index contributed by atoms with van der Waals surface area (Å²) in [6.07, 6.45) is 3.35. The summed E-state index contributed by atoms with van der Waals surface area (Å²) in [6.45, 7) is 12.0. The molecule has 2 atom stereocenters. The Morgan fingerprint density at radius 3 is 2.55 bits per heavy atom.